The van der Waals surface area contributed by atoms with E-state index in [1.54, 1.807) is 0 Å². The molecule has 0 aromatic carbocycles. The maximum absolute atomic E-state index is 9.02. The molecule has 2 heterocycles. The molecule has 2 saturated carbocycles. The summed E-state index contributed by atoms with van der Waals surface area (Å²) in [5.74, 6) is 1.18. The molecule has 3 fully saturated rings. The molecule has 2 aliphatic carbocycles. The van der Waals surface area contributed by atoms with Crippen molar-refractivity contribution in [2.45, 2.75) is 68.9 Å². The average molecular weight is 335 g/mol. The molecule has 0 spiro atoms. The molecule has 6 nitrogen and oxygen atoms in total. The van der Waals surface area contributed by atoms with Gasteiger partial charge in [0.05, 0.1) is 31.5 Å². The Hall–Kier alpha value is -0.950. The van der Waals surface area contributed by atoms with Gasteiger partial charge in [0, 0.05) is 38.1 Å². The van der Waals surface area contributed by atoms with Crippen molar-refractivity contribution in [2.24, 2.45) is 0 Å². The molecule has 0 unspecified atom stereocenters. The molecule has 134 valence electrons. The van der Waals surface area contributed by atoms with Crippen LogP contribution in [0.25, 0.3) is 0 Å². The fourth-order valence-corrected chi connectivity index (χ4v) is 4.65. The molecule has 1 N–H and O–H groups in total. The lowest BCUT2D eigenvalue weighted by Crippen LogP contribution is -2.51. The Morgan fingerprint density at radius 1 is 1.33 bits per heavy atom. The summed E-state index contributed by atoms with van der Waals surface area (Å²) in [5, 5.41) is 9.02. The van der Waals surface area contributed by atoms with Gasteiger partial charge in [0.25, 0.3) is 0 Å². The number of rotatable bonds is 7. The molecular formula is C18H29N3O3. The highest BCUT2D eigenvalue weighted by molar-refractivity contribution is 5.08. The van der Waals surface area contributed by atoms with Gasteiger partial charge in [-0.3, -0.25) is 4.90 Å². The summed E-state index contributed by atoms with van der Waals surface area (Å²) < 4.78 is 14.2. The van der Waals surface area contributed by atoms with Crippen LogP contribution < -0.4 is 0 Å². The van der Waals surface area contributed by atoms with E-state index in [-0.39, 0.29) is 18.3 Å². The molecule has 4 rings (SSSR count). The van der Waals surface area contributed by atoms with Gasteiger partial charge in [-0.1, -0.05) is 0 Å². The molecule has 3 aliphatic rings. The number of aliphatic hydroxyl groups excluding tert-OH is 1. The summed E-state index contributed by atoms with van der Waals surface area (Å²) in [5.41, 5.74) is -0.0317. The van der Waals surface area contributed by atoms with Crippen molar-refractivity contribution in [3.63, 3.8) is 0 Å². The summed E-state index contributed by atoms with van der Waals surface area (Å²) >= 11 is 0. The van der Waals surface area contributed by atoms with Gasteiger partial charge in [-0.05, 0) is 38.5 Å². The highest BCUT2D eigenvalue weighted by Crippen LogP contribution is 2.44. The van der Waals surface area contributed by atoms with Gasteiger partial charge >= 0.3 is 0 Å². The van der Waals surface area contributed by atoms with Crippen molar-refractivity contribution in [1.29, 1.82) is 0 Å². The van der Waals surface area contributed by atoms with Gasteiger partial charge < -0.3 is 19.1 Å². The van der Waals surface area contributed by atoms with Crippen molar-refractivity contribution in [3.05, 3.63) is 18.2 Å². The average Bonchev–Trinajstić information content (AvgIpc) is 3.25. The lowest BCUT2D eigenvalue weighted by atomic mass is 9.79. The van der Waals surface area contributed by atoms with E-state index >= 15 is 0 Å². The number of aromatic nitrogens is 2. The second-order valence-corrected chi connectivity index (χ2v) is 7.48. The van der Waals surface area contributed by atoms with Crippen molar-refractivity contribution in [1.82, 2.24) is 14.5 Å². The summed E-state index contributed by atoms with van der Waals surface area (Å²) in [6.45, 7) is 2.48. The number of imidazole rings is 1. The number of likely N-dealkylation sites (tertiary alicyclic amines) is 1. The minimum atomic E-state index is -0.0317. The van der Waals surface area contributed by atoms with E-state index in [2.05, 4.69) is 20.6 Å². The third-order valence-electron chi connectivity index (χ3n) is 6.13. The minimum Gasteiger partial charge on any atom is -0.394 e. The Labute approximate surface area is 143 Å². The van der Waals surface area contributed by atoms with Crippen molar-refractivity contribution in [2.75, 3.05) is 26.9 Å². The standard InChI is InChI=1S/C18H29N3O3/c1-23-18-5-4-15(24-11-10-22)12-16(18)20(8-6-18)13-17-19-7-9-21(17)14-2-3-14/h7,9,14-16,22H,2-6,8,10-13H2,1H3/t15-,16+,18-/m1/s1. The quantitative estimate of drug-likeness (QED) is 0.822. The molecule has 0 radical (unpaired) electrons. The Kier molecular flexibility index (Phi) is 4.64. The smallest absolute Gasteiger partial charge is 0.123 e. The van der Waals surface area contributed by atoms with Crippen LogP contribution in [0.3, 0.4) is 0 Å². The number of hydrogen-bond donors (Lipinski definition) is 1. The summed E-state index contributed by atoms with van der Waals surface area (Å²) in [7, 11) is 1.86. The van der Waals surface area contributed by atoms with E-state index in [0.29, 0.717) is 18.7 Å². The van der Waals surface area contributed by atoms with Crippen LogP contribution >= 0.6 is 0 Å². The van der Waals surface area contributed by atoms with Crippen LogP contribution in [-0.4, -0.2) is 64.2 Å². The fourth-order valence-electron chi connectivity index (χ4n) is 4.65. The van der Waals surface area contributed by atoms with Crippen molar-refractivity contribution in [3.8, 4) is 0 Å². The van der Waals surface area contributed by atoms with Gasteiger partial charge in [-0.2, -0.15) is 0 Å². The normalized spacial score (nSPS) is 33.8. The predicted molar refractivity (Wildman–Crippen MR) is 89.7 cm³/mol. The Morgan fingerprint density at radius 2 is 2.21 bits per heavy atom. The molecule has 1 aliphatic heterocycles. The highest BCUT2D eigenvalue weighted by Gasteiger charge is 2.51. The van der Waals surface area contributed by atoms with Gasteiger partial charge in [-0.25, -0.2) is 4.98 Å². The zero-order chi connectivity index (χ0) is 16.6. The number of methoxy groups -OCH3 is 1. The first-order valence-electron chi connectivity index (χ1n) is 9.29. The number of hydrogen-bond acceptors (Lipinski definition) is 5. The third-order valence-corrected chi connectivity index (χ3v) is 6.13. The first kappa shape index (κ1) is 16.5. The second kappa shape index (κ2) is 6.75. The molecule has 1 aromatic rings. The molecule has 24 heavy (non-hydrogen) atoms. The molecule has 6 heteroatoms. The largest absolute Gasteiger partial charge is 0.394 e. The first-order valence-corrected chi connectivity index (χ1v) is 9.29. The van der Waals surface area contributed by atoms with Crippen LogP contribution in [0.5, 0.6) is 0 Å². The van der Waals surface area contributed by atoms with Gasteiger partial charge in [0.2, 0.25) is 0 Å². The van der Waals surface area contributed by atoms with E-state index < -0.39 is 0 Å². The molecular weight excluding hydrogens is 306 g/mol. The maximum atomic E-state index is 9.02. The maximum Gasteiger partial charge on any atom is 0.123 e. The Balaban J connectivity index is 1.47. The molecule has 1 saturated heterocycles. The van der Waals surface area contributed by atoms with E-state index in [4.69, 9.17) is 14.6 Å². The Morgan fingerprint density at radius 3 is 2.96 bits per heavy atom. The summed E-state index contributed by atoms with van der Waals surface area (Å²) in [6.07, 6.45) is 11.0. The van der Waals surface area contributed by atoms with Crippen LogP contribution in [0.2, 0.25) is 0 Å². The Bertz CT molecular complexity index is 559. The van der Waals surface area contributed by atoms with Crippen LogP contribution in [0.15, 0.2) is 12.4 Å². The van der Waals surface area contributed by atoms with Crippen LogP contribution in [0, 0.1) is 0 Å². The van der Waals surface area contributed by atoms with Crippen LogP contribution in [-0.2, 0) is 16.0 Å². The minimum absolute atomic E-state index is 0.0317. The number of ether oxygens (including phenoxy) is 2. The fraction of sp³-hybridized carbons (Fsp3) is 0.833. The topological polar surface area (TPSA) is 59.8 Å². The zero-order valence-corrected chi connectivity index (χ0v) is 14.6. The van der Waals surface area contributed by atoms with E-state index in [9.17, 15) is 0 Å². The van der Waals surface area contributed by atoms with Crippen molar-refractivity contribution < 1.29 is 14.6 Å². The molecule has 0 amide bonds. The zero-order valence-electron chi connectivity index (χ0n) is 14.6. The van der Waals surface area contributed by atoms with Gasteiger partial charge in [0.1, 0.15) is 5.82 Å². The second-order valence-electron chi connectivity index (χ2n) is 7.48. The van der Waals surface area contributed by atoms with E-state index in [0.717, 1.165) is 38.8 Å². The van der Waals surface area contributed by atoms with Crippen LogP contribution in [0.4, 0.5) is 0 Å². The monoisotopic (exact) mass is 335 g/mol. The third kappa shape index (κ3) is 3.01. The van der Waals surface area contributed by atoms with Gasteiger partial charge in [0.15, 0.2) is 0 Å². The lowest BCUT2D eigenvalue weighted by Gasteiger charge is -2.43. The van der Waals surface area contributed by atoms with Crippen LogP contribution in [0.1, 0.15) is 50.4 Å². The number of fused-ring (bicyclic) bond motifs is 1. The predicted octanol–water partition coefficient (Wildman–Crippen LogP) is 1.74. The van der Waals surface area contributed by atoms with Crippen molar-refractivity contribution >= 4 is 0 Å². The molecule has 3 atom stereocenters. The first-order chi connectivity index (χ1) is 11.8. The summed E-state index contributed by atoms with van der Waals surface area (Å²) in [4.78, 5) is 7.15. The SMILES string of the molecule is CO[C@@]12CC[C@@H](OCCO)C[C@@H]1N(Cc1nccn1C1CC1)CC2. The lowest BCUT2D eigenvalue weighted by molar-refractivity contribution is -0.104. The van der Waals surface area contributed by atoms with E-state index in [1.165, 1.54) is 18.7 Å². The summed E-state index contributed by atoms with van der Waals surface area (Å²) in [6, 6.07) is 1.05. The molecule has 0 bridgehead atoms. The van der Waals surface area contributed by atoms with Gasteiger partial charge in [-0.15, -0.1) is 0 Å². The molecule has 1 aromatic heterocycles. The number of aliphatic hydroxyl groups is 1. The highest BCUT2D eigenvalue weighted by atomic mass is 16.5. The van der Waals surface area contributed by atoms with E-state index in [1.807, 2.05) is 13.3 Å². The number of nitrogens with zero attached hydrogens (tertiary/aromatic N) is 3.